The summed E-state index contributed by atoms with van der Waals surface area (Å²) in [6.07, 6.45) is 2.85. The van der Waals surface area contributed by atoms with Gasteiger partial charge in [-0.2, -0.15) is 0 Å². The summed E-state index contributed by atoms with van der Waals surface area (Å²) in [5.74, 6) is 1.13. The largest absolute Gasteiger partial charge is 0.381 e. The van der Waals surface area contributed by atoms with E-state index in [4.69, 9.17) is 4.74 Å². The maximum Gasteiger partial charge on any atom is 0.225 e. The quantitative estimate of drug-likeness (QED) is 0.737. The number of carbonyl (C=O) groups is 1. The van der Waals surface area contributed by atoms with Crippen LogP contribution in [0.25, 0.3) is 0 Å². The highest BCUT2D eigenvalue weighted by Gasteiger charge is 2.26. The van der Waals surface area contributed by atoms with Crippen LogP contribution < -0.4 is 0 Å². The van der Waals surface area contributed by atoms with Crippen molar-refractivity contribution in [3.05, 3.63) is 0 Å². The summed E-state index contributed by atoms with van der Waals surface area (Å²) >= 11 is 0. The predicted molar refractivity (Wildman–Crippen MR) is 65.2 cm³/mol. The number of rotatable bonds is 4. The molecule has 0 aromatic rings. The zero-order valence-corrected chi connectivity index (χ0v) is 11.0. The molecule has 0 saturated carbocycles. The van der Waals surface area contributed by atoms with E-state index in [1.165, 1.54) is 0 Å². The SMILES string of the molecule is CC(C)CC(C)N(C)C(=O)C1CCOCC1. The van der Waals surface area contributed by atoms with Crippen LogP contribution in [-0.4, -0.2) is 37.1 Å². The van der Waals surface area contributed by atoms with Gasteiger partial charge in [-0.25, -0.2) is 0 Å². The predicted octanol–water partition coefficient (Wildman–Crippen LogP) is 2.31. The first-order valence-electron chi connectivity index (χ1n) is 6.36. The zero-order chi connectivity index (χ0) is 12.1. The van der Waals surface area contributed by atoms with Crippen LogP contribution in [-0.2, 0) is 9.53 Å². The van der Waals surface area contributed by atoms with Gasteiger partial charge in [0.25, 0.3) is 0 Å². The average Bonchev–Trinajstić information content (AvgIpc) is 2.27. The lowest BCUT2D eigenvalue weighted by atomic mass is 9.97. The van der Waals surface area contributed by atoms with Gasteiger partial charge in [-0.15, -0.1) is 0 Å². The Kier molecular flexibility index (Phi) is 5.26. The zero-order valence-electron chi connectivity index (χ0n) is 11.0. The minimum atomic E-state index is 0.188. The molecule has 0 aromatic heterocycles. The molecule has 0 radical (unpaired) electrons. The Morgan fingerprint density at radius 1 is 1.31 bits per heavy atom. The van der Waals surface area contributed by atoms with Crippen LogP contribution >= 0.6 is 0 Å². The van der Waals surface area contributed by atoms with Crippen LogP contribution in [0.4, 0.5) is 0 Å². The molecule has 0 N–H and O–H groups in total. The number of carbonyl (C=O) groups excluding carboxylic acids is 1. The van der Waals surface area contributed by atoms with E-state index in [0.29, 0.717) is 17.9 Å². The van der Waals surface area contributed by atoms with E-state index in [2.05, 4.69) is 20.8 Å². The third-order valence-corrected chi connectivity index (χ3v) is 3.39. The fraction of sp³-hybridized carbons (Fsp3) is 0.923. The number of ether oxygens (including phenoxy) is 1. The molecule has 1 aliphatic rings. The van der Waals surface area contributed by atoms with Crippen molar-refractivity contribution in [3.63, 3.8) is 0 Å². The van der Waals surface area contributed by atoms with Gasteiger partial charge in [-0.3, -0.25) is 4.79 Å². The molecule has 1 amide bonds. The van der Waals surface area contributed by atoms with Crippen LogP contribution in [0.15, 0.2) is 0 Å². The van der Waals surface area contributed by atoms with Gasteiger partial charge in [0, 0.05) is 32.2 Å². The Morgan fingerprint density at radius 2 is 1.88 bits per heavy atom. The first-order chi connectivity index (χ1) is 7.52. The molecule has 16 heavy (non-hydrogen) atoms. The van der Waals surface area contributed by atoms with Crippen molar-refractivity contribution >= 4 is 5.91 Å². The highest BCUT2D eigenvalue weighted by Crippen LogP contribution is 2.19. The maximum atomic E-state index is 12.2. The van der Waals surface area contributed by atoms with Gasteiger partial charge in [0.1, 0.15) is 0 Å². The van der Waals surface area contributed by atoms with Gasteiger partial charge in [0.05, 0.1) is 0 Å². The highest BCUT2D eigenvalue weighted by atomic mass is 16.5. The van der Waals surface area contributed by atoms with Crippen molar-refractivity contribution in [2.24, 2.45) is 11.8 Å². The molecule has 1 fully saturated rings. The van der Waals surface area contributed by atoms with Crippen LogP contribution in [0.1, 0.15) is 40.0 Å². The van der Waals surface area contributed by atoms with Crippen molar-refractivity contribution < 1.29 is 9.53 Å². The summed E-state index contributed by atoms with van der Waals surface area (Å²) < 4.78 is 5.28. The standard InChI is InChI=1S/C13H25NO2/c1-10(2)9-11(3)14(4)13(15)12-5-7-16-8-6-12/h10-12H,5-9H2,1-4H3. The molecule has 0 aliphatic carbocycles. The summed E-state index contributed by atoms with van der Waals surface area (Å²) in [5, 5.41) is 0. The maximum absolute atomic E-state index is 12.2. The van der Waals surface area contributed by atoms with Crippen molar-refractivity contribution in [1.29, 1.82) is 0 Å². The van der Waals surface area contributed by atoms with Gasteiger partial charge in [-0.1, -0.05) is 13.8 Å². The average molecular weight is 227 g/mol. The molecule has 0 aromatic carbocycles. The summed E-state index contributed by atoms with van der Waals surface area (Å²) in [4.78, 5) is 14.1. The topological polar surface area (TPSA) is 29.5 Å². The molecule has 0 bridgehead atoms. The van der Waals surface area contributed by atoms with E-state index in [9.17, 15) is 4.79 Å². The number of hydrogen-bond donors (Lipinski definition) is 0. The Hall–Kier alpha value is -0.570. The van der Waals surface area contributed by atoms with Gasteiger partial charge in [0.2, 0.25) is 5.91 Å². The first kappa shape index (κ1) is 13.5. The van der Waals surface area contributed by atoms with Gasteiger partial charge < -0.3 is 9.64 Å². The van der Waals surface area contributed by atoms with Gasteiger partial charge in [-0.05, 0) is 32.1 Å². The lowest BCUT2D eigenvalue weighted by Gasteiger charge is -2.31. The molecule has 1 atom stereocenters. The summed E-state index contributed by atoms with van der Waals surface area (Å²) in [6.45, 7) is 8.01. The molecule has 1 heterocycles. The minimum absolute atomic E-state index is 0.188. The molecule has 94 valence electrons. The van der Waals surface area contributed by atoms with Crippen molar-refractivity contribution in [3.8, 4) is 0 Å². The molecule has 3 nitrogen and oxygen atoms in total. The summed E-state index contributed by atoms with van der Waals surface area (Å²) in [7, 11) is 1.94. The molecule has 1 saturated heterocycles. The third-order valence-electron chi connectivity index (χ3n) is 3.39. The van der Waals surface area contributed by atoms with E-state index in [1.807, 2.05) is 11.9 Å². The molecular weight excluding hydrogens is 202 g/mol. The Balaban J connectivity index is 2.45. The normalized spacial score (nSPS) is 19.8. The molecule has 1 rings (SSSR count). The van der Waals surface area contributed by atoms with E-state index in [0.717, 1.165) is 32.5 Å². The highest BCUT2D eigenvalue weighted by molar-refractivity contribution is 5.78. The molecule has 1 aliphatic heterocycles. The first-order valence-corrected chi connectivity index (χ1v) is 6.36. The smallest absolute Gasteiger partial charge is 0.225 e. The van der Waals surface area contributed by atoms with Crippen molar-refractivity contribution in [1.82, 2.24) is 4.90 Å². The van der Waals surface area contributed by atoms with E-state index < -0.39 is 0 Å². The fourth-order valence-corrected chi connectivity index (χ4v) is 2.29. The van der Waals surface area contributed by atoms with Crippen molar-refractivity contribution in [2.75, 3.05) is 20.3 Å². The number of nitrogens with zero attached hydrogens (tertiary/aromatic N) is 1. The van der Waals surface area contributed by atoms with Gasteiger partial charge >= 0.3 is 0 Å². The van der Waals surface area contributed by atoms with Gasteiger partial charge in [0.15, 0.2) is 0 Å². The second-order valence-corrected chi connectivity index (χ2v) is 5.31. The number of amides is 1. The monoisotopic (exact) mass is 227 g/mol. The Bertz CT molecular complexity index is 222. The van der Waals surface area contributed by atoms with Crippen molar-refractivity contribution in [2.45, 2.75) is 46.1 Å². The number of hydrogen-bond acceptors (Lipinski definition) is 2. The van der Waals surface area contributed by atoms with Crippen LogP contribution in [0, 0.1) is 11.8 Å². The lowest BCUT2D eigenvalue weighted by Crippen LogP contribution is -2.41. The summed E-state index contributed by atoms with van der Waals surface area (Å²) in [6, 6.07) is 0.343. The van der Waals surface area contributed by atoms with Crippen LogP contribution in [0.3, 0.4) is 0 Å². The van der Waals surface area contributed by atoms with E-state index in [1.54, 1.807) is 0 Å². The molecule has 0 spiro atoms. The molecule has 1 unspecified atom stereocenters. The second-order valence-electron chi connectivity index (χ2n) is 5.31. The van der Waals surface area contributed by atoms with Crippen LogP contribution in [0.5, 0.6) is 0 Å². The van der Waals surface area contributed by atoms with Crippen LogP contribution in [0.2, 0.25) is 0 Å². The van der Waals surface area contributed by atoms with E-state index in [-0.39, 0.29) is 5.92 Å². The Morgan fingerprint density at radius 3 is 2.38 bits per heavy atom. The second kappa shape index (κ2) is 6.24. The summed E-state index contributed by atoms with van der Waals surface area (Å²) in [5.41, 5.74) is 0. The minimum Gasteiger partial charge on any atom is -0.381 e. The fourth-order valence-electron chi connectivity index (χ4n) is 2.29. The lowest BCUT2D eigenvalue weighted by molar-refractivity contribution is -0.139. The third kappa shape index (κ3) is 3.78. The molecular formula is C13H25NO2. The molecule has 3 heteroatoms. The van der Waals surface area contributed by atoms with E-state index >= 15 is 0 Å². The Labute approximate surface area is 99.1 Å².